The van der Waals surface area contributed by atoms with Crippen LogP contribution in [0, 0.1) is 6.92 Å². The first kappa shape index (κ1) is 14.6. The van der Waals surface area contributed by atoms with Gasteiger partial charge in [0.15, 0.2) is 5.82 Å². The molecule has 3 atom stereocenters. The Labute approximate surface area is 138 Å². The number of carbonyl (C=O) groups excluding carboxylic acids is 1. The Morgan fingerprint density at radius 1 is 1.35 bits per heavy atom. The van der Waals surface area contributed by atoms with E-state index in [-0.39, 0.29) is 22.1 Å². The monoisotopic (exact) mass is 330 g/mol. The van der Waals surface area contributed by atoms with E-state index in [1.807, 2.05) is 36.1 Å². The molecule has 2 aliphatic rings. The summed E-state index contributed by atoms with van der Waals surface area (Å²) in [5, 5.41) is 12.2. The summed E-state index contributed by atoms with van der Waals surface area (Å²) in [7, 11) is 0. The fourth-order valence-corrected chi connectivity index (χ4v) is 4.94. The number of fused-ring (bicyclic) bond motifs is 1. The molecule has 4 rings (SSSR count). The molecule has 2 N–H and O–H groups in total. The summed E-state index contributed by atoms with van der Waals surface area (Å²) in [5.74, 6) is 0.646. The highest BCUT2D eigenvalue weighted by Crippen LogP contribution is 2.56. The first-order chi connectivity index (χ1) is 10.9. The van der Waals surface area contributed by atoms with Crippen molar-refractivity contribution in [3.05, 3.63) is 35.7 Å². The number of tetrazole rings is 1. The van der Waals surface area contributed by atoms with E-state index in [1.165, 1.54) is 0 Å². The van der Waals surface area contributed by atoms with Crippen molar-refractivity contribution in [3.63, 3.8) is 0 Å². The Balaban J connectivity index is 1.80. The third kappa shape index (κ3) is 2.01. The van der Waals surface area contributed by atoms with Crippen LogP contribution >= 0.6 is 11.8 Å². The maximum Gasteiger partial charge on any atom is 0.244 e. The van der Waals surface area contributed by atoms with Crippen molar-refractivity contribution in [1.82, 2.24) is 25.1 Å². The van der Waals surface area contributed by atoms with Crippen molar-refractivity contribution >= 4 is 17.7 Å². The predicted molar refractivity (Wildman–Crippen MR) is 86.9 cm³/mol. The van der Waals surface area contributed by atoms with E-state index in [0.717, 1.165) is 11.3 Å². The molecule has 2 unspecified atom stereocenters. The molecule has 1 amide bonds. The lowest BCUT2D eigenvalue weighted by atomic mass is 9.95. The molecule has 23 heavy (non-hydrogen) atoms. The van der Waals surface area contributed by atoms with Gasteiger partial charge >= 0.3 is 0 Å². The first-order valence-corrected chi connectivity index (χ1v) is 8.39. The maximum absolute atomic E-state index is 12.2. The highest BCUT2D eigenvalue weighted by Gasteiger charge is 2.62. The summed E-state index contributed by atoms with van der Waals surface area (Å²) in [6.45, 7) is 6.24. The number of benzene rings is 1. The summed E-state index contributed by atoms with van der Waals surface area (Å²) >= 11 is 1.71. The zero-order valence-corrected chi connectivity index (χ0v) is 14.0. The lowest BCUT2D eigenvalue weighted by Crippen LogP contribution is -2.65. The number of amides is 1. The average molecular weight is 330 g/mol. The van der Waals surface area contributed by atoms with Crippen LogP contribution in [0.15, 0.2) is 24.3 Å². The van der Waals surface area contributed by atoms with Crippen LogP contribution in [0.5, 0.6) is 0 Å². The molecule has 2 fully saturated rings. The van der Waals surface area contributed by atoms with Crippen molar-refractivity contribution < 1.29 is 4.79 Å². The third-order valence-electron chi connectivity index (χ3n) is 4.47. The lowest BCUT2D eigenvalue weighted by molar-refractivity contribution is -0.147. The second-order valence-corrected chi connectivity index (χ2v) is 8.34. The molecule has 0 bridgehead atoms. The van der Waals surface area contributed by atoms with E-state index in [2.05, 4.69) is 29.4 Å². The molecule has 3 heterocycles. The summed E-state index contributed by atoms with van der Waals surface area (Å²) < 4.78 is 1.52. The fourth-order valence-electron chi connectivity index (χ4n) is 3.37. The molecule has 0 saturated carbocycles. The predicted octanol–water partition coefficient (Wildman–Crippen LogP) is 1.03. The number of nitrogens with two attached hydrogens (primary N) is 1. The Morgan fingerprint density at radius 2 is 2.13 bits per heavy atom. The quantitative estimate of drug-likeness (QED) is 0.827. The number of carbonyl (C=O) groups is 1. The highest BCUT2D eigenvalue weighted by atomic mass is 32.2. The second-order valence-electron chi connectivity index (χ2n) is 6.57. The van der Waals surface area contributed by atoms with Crippen LogP contribution in [0.2, 0.25) is 0 Å². The zero-order valence-electron chi connectivity index (χ0n) is 13.2. The molecule has 0 aliphatic carbocycles. The molecule has 7 nitrogen and oxygen atoms in total. The Bertz CT molecular complexity index is 788. The van der Waals surface area contributed by atoms with Crippen LogP contribution in [-0.4, -0.2) is 47.2 Å². The van der Waals surface area contributed by atoms with Crippen molar-refractivity contribution in [2.45, 2.75) is 43.0 Å². The standard InChI is InChI=1S/C15H18N6OS/c1-8-5-4-6-9(7-8)21-12(17-18-19-21)11-15(2,3)23-14-10(16)13(22)20(11)14/h4-7,10-11,14H,16H2,1-3H3/t10?,11?,14-/m0/s1. The van der Waals surface area contributed by atoms with Crippen LogP contribution in [0.4, 0.5) is 0 Å². The van der Waals surface area contributed by atoms with Crippen LogP contribution in [0.1, 0.15) is 31.3 Å². The lowest BCUT2D eigenvalue weighted by Gasteiger charge is -2.42. The van der Waals surface area contributed by atoms with Gasteiger partial charge in [-0.3, -0.25) is 4.79 Å². The zero-order chi connectivity index (χ0) is 16.4. The topological polar surface area (TPSA) is 89.9 Å². The average Bonchev–Trinajstić information content (AvgIpc) is 3.07. The number of hydrogen-bond donors (Lipinski definition) is 1. The van der Waals surface area contributed by atoms with Crippen LogP contribution < -0.4 is 5.73 Å². The van der Waals surface area contributed by atoms with Gasteiger partial charge in [-0.1, -0.05) is 12.1 Å². The van der Waals surface area contributed by atoms with Crippen LogP contribution in [-0.2, 0) is 4.79 Å². The molecule has 0 radical (unpaired) electrons. The second kappa shape index (κ2) is 4.78. The smallest absolute Gasteiger partial charge is 0.244 e. The minimum atomic E-state index is -0.424. The maximum atomic E-state index is 12.2. The molecule has 2 aromatic rings. The van der Waals surface area contributed by atoms with Gasteiger partial charge < -0.3 is 10.6 Å². The van der Waals surface area contributed by atoms with E-state index in [4.69, 9.17) is 5.73 Å². The molecular formula is C15H18N6OS. The number of β-lactam (4-membered cyclic amide) rings is 1. The molecule has 1 aromatic heterocycles. The van der Waals surface area contributed by atoms with Crippen molar-refractivity contribution in [2.75, 3.05) is 0 Å². The minimum absolute atomic E-state index is 0.00478. The summed E-state index contributed by atoms with van der Waals surface area (Å²) in [6, 6.07) is 7.36. The summed E-state index contributed by atoms with van der Waals surface area (Å²) in [4.78, 5) is 14.1. The number of nitrogens with zero attached hydrogens (tertiary/aromatic N) is 5. The molecule has 2 aliphatic heterocycles. The number of rotatable bonds is 2. The van der Waals surface area contributed by atoms with Crippen molar-refractivity contribution in [1.29, 1.82) is 0 Å². The fraction of sp³-hybridized carbons (Fsp3) is 0.467. The Morgan fingerprint density at radius 3 is 2.87 bits per heavy atom. The molecule has 2 saturated heterocycles. The minimum Gasteiger partial charge on any atom is -0.317 e. The van der Waals surface area contributed by atoms with E-state index in [9.17, 15) is 4.79 Å². The Kier molecular flexibility index (Phi) is 3.05. The van der Waals surface area contributed by atoms with Gasteiger partial charge in [0.1, 0.15) is 17.5 Å². The van der Waals surface area contributed by atoms with Crippen LogP contribution in [0.25, 0.3) is 5.69 Å². The van der Waals surface area contributed by atoms with Gasteiger partial charge in [-0.15, -0.1) is 16.9 Å². The Hall–Kier alpha value is -1.93. The van der Waals surface area contributed by atoms with Gasteiger partial charge in [0.25, 0.3) is 0 Å². The van der Waals surface area contributed by atoms with E-state index < -0.39 is 6.04 Å². The van der Waals surface area contributed by atoms with Gasteiger partial charge in [0, 0.05) is 4.75 Å². The molecule has 8 heteroatoms. The summed E-state index contributed by atoms with van der Waals surface area (Å²) in [5.41, 5.74) is 7.97. The van der Waals surface area contributed by atoms with E-state index in [0.29, 0.717) is 5.82 Å². The number of aryl methyl sites for hydroxylation is 1. The molecule has 0 spiro atoms. The first-order valence-electron chi connectivity index (χ1n) is 7.51. The number of aromatic nitrogens is 4. The molecular weight excluding hydrogens is 312 g/mol. The summed E-state index contributed by atoms with van der Waals surface area (Å²) in [6.07, 6.45) is 0. The molecule has 1 aromatic carbocycles. The third-order valence-corrected chi connectivity index (χ3v) is 6.06. The molecule has 120 valence electrons. The normalized spacial score (nSPS) is 28.6. The van der Waals surface area contributed by atoms with Gasteiger partial charge in [-0.2, -0.15) is 4.68 Å². The van der Waals surface area contributed by atoms with Gasteiger partial charge in [-0.25, -0.2) is 0 Å². The highest BCUT2D eigenvalue weighted by molar-refractivity contribution is 8.01. The van der Waals surface area contributed by atoms with Crippen LogP contribution in [0.3, 0.4) is 0 Å². The number of hydrogen-bond acceptors (Lipinski definition) is 6. The van der Waals surface area contributed by atoms with Gasteiger partial charge in [0.2, 0.25) is 5.91 Å². The van der Waals surface area contributed by atoms with Crippen molar-refractivity contribution in [2.24, 2.45) is 5.73 Å². The SMILES string of the molecule is Cc1cccc(-n2nnnc2C2N3C(=O)C(N)[C@@H]3SC2(C)C)c1. The van der Waals surface area contributed by atoms with Gasteiger partial charge in [0.05, 0.1) is 5.69 Å². The van der Waals surface area contributed by atoms with E-state index in [1.54, 1.807) is 16.4 Å². The number of thioether (sulfide) groups is 1. The van der Waals surface area contributed by atoms with E-state index >= 15 is 0 Å². The van der Waals surface area contributed by atoms with Crippen molar-refractivity contribution in [3.8, 4) is 5.69 Å². The van der Waals surface area contributed by atoms with Gasteiger partial charge in [-0.05, 0) is 48.9 Å². The largest absolute Gasteiger partial charge is 0.317 e.